The Bertz CT molecular complexity index is 553. The molecule has 1 heterocycles. The van der Waals surface area contributed by atoms with Crippen LogP contribution in [0.15, 0.2) is 18.2 Å². The minimum absolute atomic E-state index is 0.0977. The molecule has 4 nitrogen and oxygen atoms in total. The maximum Gasteiger partial charge on any atom is 0.225 e. The number of anilines is 1. The minimum atomic E-state index is 0.0977. The molecule has 1 aliphatic rings. The van der Waals surface area contributed by atoms with Crippen LogP contribution in [-0.4, -0.2) is 29.4 Å². The van der Waals surface area contributed by atoms with E-state index in [0.29, 0.717) is 23.6 Å². The number of carbonyl (C=O) groups is 1. The number of rotatable bonds is 4. The Hall–Kier alpha value is -1.73. The number of nitrogens with zero attached hydrogens (tertiary/aromatic N) is 2. The van der Waals surface area contributed by atoms with Crippen LogP contribution >= 0.6 is 11.6 Å². The van der Waals surface area contributed by atoms with E-state index in [1.54, 1.807) is 12.1 Å². The lowest BCUT2D eigenvalue weighted by Gasteiger charge is -2.23. The van der Waals surface area contributed by atoms with Crippen molar-refractivity contribution in [1.29, 1.82) is 5.26 Å². The van der Waals surface area contributed by atoms with Crippen molar-refractivity contribution in [3.8, 4) is 6.07 Å². The SMILES string of the molecule is CCC(C)N1C[C@@H](Nc2ccc(C#N)c(Cl)c2)CC1=O. The van der Waals surface area contributed by atoms with Crippen molar-refractivity contribution >= 4 is 23.2 Å². The van der Waals surface area contributed by atoms with Gasteiger partial charge in [-0.2, -0.15) is 5.26 Å². The van der Waals surface area contributed by atoms with Gasteiger partial charge in [-0.1, -0.05) is 18.5 Å². The summed E-state index contributed by atoms with van der Waals surface area (Å²) in [5.74, 6) is 0.191. The van der Waals surface area contributed by atoms with E-state index in [0.717, 1.165) is 12.1 Å². The topological polar surface area (TPSA) is 56.1 Å². The molecule has 0 aromatic heterocycles. The third-order valence-electron chi connectivity index (χ3n) is 3.74. The second kappa shape index (κ2) is 6.15. The second-order valence-corrected chi connectivity index (χ2v) is 5.56. The van der Waals surface area contributed by atoms with Crippen molar-refractivity contribution in [2.75, 3.05) is 11.9 Å². The van der Waals surface area contributed by atoms with Crippen molar-refractivity contribution in [1.82, 2.24) is 4.90 Å². The number of hydrogen-bond acceptors (Lipinski definition) is 3. The van der Waals surface area contributed by atoms with Gasteiger partial charge < -0.3 is 10.2 Å². The number of amides is 1. The summed E-state index contributed by atoms with van der Waals surface area (Å²) in [4.78, 5) is 13.9. The zero-order chi connectivity index (χ0) is 14.7. The molecule has 5 heteroatoms. The van der Waals surface area contributed by atoms with Gasteiger partial charge in [-0.15, -0.1) is 0 Å². The van der Waals surface area contributed by atoms with Crippen LogP contribution in [0.25, 0.3) is 0 Å². The lowest BCUT2D eigenvalue weighted by Crippen LogP contribution is -2.35. The van der Waals surface area contributed by atoms with Gasteiger partial charge in [-0.25, -0.2) is 0 Å². The number of carbonyl (C=O) groups excluding carboxylic acids is 1. The molecule has 1 unspecified atom stereocenters. The first-order chi connectivity index (χ1) is 9.55. The van der Waals surface area contributed by atoms with E-state index in [1.165, 1.54) is 0 Å². The Kier molecular flexibility index (Phi) is 4.51. The highest BCUT2D eigenvalue weighted by molar-refractivity contribution is 6.32. The zero-order valence-electron chi connectivity index (χ0n) is 11.7. The van der Waals surface area contributed by atoms with Gasteiger partial charge in [0, 0.05) is 24.7 Å². The molecular formula is C15H18ClN3O. The first kappa shape index (κ1) is 14.7. The van der Waals surface area contributed by atoms with Crippen LogP contribution in [0.2, 0.25) is 5.02 Å². The highest BCUT2D eigenvalue weighted by atomic mass is 35.5. The standard InChI is InChI=1S/C15H18ClN3O/c1-3-10(2)19-9-13(7-15(19)20)18-12-5-4-11(8-17)14(16)6-12/h4-6,10,13,18H,3,7,9H2,1-2H3/t10?,13-/m0/s1. The van der Waals surface area contributed by atoms with E-state index >= 15 is 0 Å². The summed E-state index contributed by atoms with van der Waals surface area (Å²) in [5, 5.41) is 12.6. The van der Waals surface area contributed by atoms with Gasteiger partial charge in [0.25, 0.3) is 0 Å². The first-order valence-corrected chi connectivity index (χ1v) is 7.18. The molecule has 0 radical (unpaired) electrons. The van der Waals surface area contributed by atoms with E-state index < -0.39 is 0 Å². The van der Waals surface area contributed by atoms with Gasteiger partial charge in [0.15, 0.2) is 0 Å². The average molecular weight is 292 g/mol. The molecule has 1 aromatic carbocycles. The number of hydrogen-bond donors (Lipinski definition) is 1. The van der Waals surface area contributed by atoms with E-state index in [4.69, 9.17) is 16.9 Å². The van der Waals surface area contributed by atoms with Crippen LogP contribution in [0.4, 0.5) is 5.69 Å². The van der Waals surface area contributed by atoms with Crippen molar-refractivity contribution < 1.29 is 4.79 Å². The molecule has 0 aliphatic carbocycles. The molecule has 1 aliphatic heterocycles. The molecule has 2 atom stereocenters. The molecule has 1 saturated heterocycles. The molecule has 20 heavy (non-hydrogen) atoms. The molecule has 1 amide bonds. The van der Waals surface area contributed by atoms with Gasteiger partial charge in [0.2, 0.25) is 5.91 Å². The Balaban J connectivity index is 2.03. The Morgan fingerprint density at radius 1 is 1.60 bits per heavy atom. The predicted octanol–water partition coefficient (Wildman–Crippen LogP) is 3.02. The van der Waals surface area contributed by atoms with E-state index in [-0.39, 0.29) is 18.0 Å². The second-order valence-electron chi connectivity index (χ2n) is 5.16. The summed E-state index contributed by atoms with van der Waals surface area (Å²) in [6, 6.07) is 7.65. The molecule has 106 valence electrons. The Morgan fingerprint density at radius 3 is 2.95 bits per heavy atom. The summed E-state index contributed by atoms with van der Waals surface area (Å²) in [7, 11) is 0. The molecule has 0 spiro atoms. The summed E-state index contributed by atoms with van der Waals surface area (Å²) in [5.41, 5.74) is 1.30. The molecule has 0 bridgehead atoms. The minimum Gasteiger partial charge on any atom is -0.380 e. The number of nitriles is 1. The largest absolute Gasteiger partial charge is 0.380 e. The zero-order valence-corrected chi connectivity index (χ0v) is 12.4. The monoisotopic (exact) mass is 291 g/mol. The van der Waals surface area contributed by atoms with Crippen molar-refractivity contribution in [3.05, 3.63) is 28.8 Å². The third kappa shape index (κ3) is 3.05. The third-order valence-corrected chi connectivity index (χ3v) is 4.05. The van der Waals surface area contributed by atoms with Gasteiger partial charge in [0.05, 0.1) is 16.6 Å². The van der Waals surface area contributed by atoms with Crippen molar-refractivity contribution in [2.45, 2.75) is 38.8 Å². The predicted molar refractivity (Wildman–Crippen MR) is 79.7 cm³/mol. The highest BCUT2D eigenvalue weighted by Gasteiger charge is 2.31. The number of likely N-dealkylation sites (tertiary alicyclic amines) is 1. The maximum absolute atomic E-state index is 12.0. The van der Waals surface area contributed by atoms with E-state index in [9.17, 15) is 4.79 Å². The summed E-state index contributed by atoms with van der Waals surface area (Å²) >= 11 is 6.01. The highest BCUT2D eigenvalue weighted by Crippen LogP contribution is 2.24. The number of benzene rings is 1. The normalized spacial score (nSPS) is 19.8. The molecule has 0 saturated carbocycles. The lowest BCUT2D eigenvalue weighted by molar-refractivity contribution is -0.129. The maximum atomic E-state index is 12.0. The fourth-order valence-corrected chi connectivity index (χ4v) is 2.63. The summed E-state index contributed by atoms with van der Waals surface area (Å²) in [6.07, 6.45) is 1.46. The average Bonchev–Trinajstić information content (AvgIpc) is 2.79. The summed E-state index contributed by atoms with van der Waals surface area (Å²) in [6.45, 7) is 4.86. The molecule has 2 rings (SSSR count). The fourth-order valence-electron chi connectivity index (χ4n) is 2.41. The lowest BCUT2D eigenvalue weighted by atomic mass is 10.2. The molecule has 1 N–H and O–H groups in total. The van der Waals surface area contributed by atoms with Crippen LogP contribution in [0.3, 0.4) is 0 Å². The summed E-state index contributed by atoms with van der Waals surface area (Å²) < 4.78 is 0. The van der Waals surface area contributed by atoms with Crippen molar-refractivity contribution in [2.24, 2.45) is 0 Å². The van der Waals surface area contributed by atoms with Crippen molar-refractivity contribution in [3.63, 3.8) is 0 Å². The first-order valence-electron chi connectivity index (χ1n) is 6.80. The molecule has 1 fully saturated rings. The van der Waals surface area contributed by atoms with Crippen LogP contribution < -0.4 is 5.32 Å². The van der Waals surface area contributed by atoms with Gasteiger partial charge in [0.1, 0.15) is 6.07 Å². The molecular weight excluding hydrogens is 274 g/mol. The van der Waals surface area contributed by atoms with E-state index in [1.807, 2.05) is 17.0 Å². The number of nitrogens with one attached hydrogen (secondary N) is 1. The van der Waals surface area contributed by atoms with Crippen LogP contribution in [-0.2, 0) is 4.79 Å². The smallest absolute Gasteiger partial charge is 0.225 e. The van der Waals surface area contributed by atoms with Gasteiger partial charge in [-0.05, 0) is 31.5 Å². The van der Waals surface area contributed by atoms with Gasteiger partial charge >= 0.3 is 0 Å². The fraction of sp³-hybridized carbons (Fsp3) is 0.467. The van der Waals surface area contributed by atoms with Crippen LogP contribution in [0, 0.1) is 11.3 Å². The molecule has 1 aromatic rings. The Morgan fingerprint density at radius 2 is 2.35 bits per heavy atom. The Labute approximate surface area is 124 Å². The van der Waals surface area contributed by atoms with E-state index in [2.05, 4.69) is 19.2 Å². The van der Waals surface area contributed by atoms with Crippen LogP contribution in [0.5, 0.6) is 0 Å². The van der Waals surface area contributed by atoms with Gasteiger partial charge in [-0.3, -0.25) is 4.79 Å². The quantitative estimate of drug-likeness (QED) is 0.928. The number of halogens is 1. The van der Waals surface area contributed by atoms with Crippen LogP contribution in [0.1, 0.15) is 32.3 Å².